The lowest BCUT2D eigenvalue weighted by Gasteiger charge is -2.42. The number of sulfonamides is 1. The van der Waals surface area contributed by atoms with Crippen LogP contribution in [0, 0.1) is 17.3 Å². The molecule has 3 aliphatic heterocycles. The standard InChI is InChI=1S/C35H56N6O8S/c1-34(2)23-20-41-28(27(23)34)30(43)37-24(29(42)31(44)36-22-13-14-22)12-8-5-4-6-11-19-49-21-25(32(41)45)38-33(46)39-35(16-9-7-10-17-35)26-15-18-40(3)50(26,47)48/h22-28H,4-21H2,1-3H3,(H,36,44)(H,37,43)(H2,38,39,46)/t23-,24+,25+,26-,27-,28-/m0/s1. The van der Waals surface area contributed by atoms with Gasteiger partial charge < -0.3 is 30.9 Å². The van der Waals surface area contributed by atoms with E-state index < -0.39 is 68.5 Å². The van der Waals surface area contributed by atoms with E-state index >= 15 is 0 Å². The third-order valence-corrected chi connectivity index (χ3v) is 14.9. The van der Waals surface area contributed by atoms with E-state index in [1.165, 1.54) is 9.21 Å². The van der Waals surface area contributed by atoms with Crippen LogP contribution in [0.25, 0.3) is 0 Å². The van der Waals surface area contributed by atoms with Crippen molar-refractivity contribution in [2.45, 2.75) is 139 Å². The molecule has 6 aliphatic rings. The number of Topliss-reactive ketones (excluding diaryl/α,β-unsaturated/α-hetero) is 1. The van der Waals surface area contributed by atoms with Crippen LogP contribution >= 0.6 is 0 Å². The van der Waals surface area contributed by atoms with E-state index in [1.807, 2.05) is 0 Å². The molecule has 50 heavy (non-hydrogen) atoms. The predicted molar refractivity (Wildman–Crippen MR) is 184 cm³/mol. The molecule has 3 saturated carbocycles. The number of nitrogens with one attached hydrogen (secondary N) is 4. The highest BCUT2D eigenvalue weighted by molar-refractivity contribution is 7.90. The molecule has 6 rings (SSSR count). The van der Waals surface area contributed by atoms with Crippen molar-refractivity contribution in [2.75, 3.05) is 33.4 Å². The molecule has 0 spiro atoms. The van der Waals surface area contributed by atoms with Crippen LogP contribution < -0.4 is 21.3 Å². The first-order chi connectivity index (χ1) is 23.8. The number of carbonyl (C=O) groups is 5. The minimum atomic E-state index is -3.60. The highest BCUT2D eigenvalue weighted by Crippen LogP contribution is 2.65. The fraction of sp³-hybridized carbons (Fsp3) is 0.857. The Morgan fingerprint density at radius 2 is 1.58 bits per heavy atom. The number of piperidine rings is 1. The number of amides is 5. The maximum absolute atomic E-state index is 14.4. The number of rotatable bonds is 6. The number of ether oxygens (including phenoxy) is 1. The van der Waals surface area contributed by atoms with Crippen LogP contribution in [0.3, 0.4) is 0 Å². The molecular formula is C35H56N6O8S. The topological polar surface area (TPSA) is 183 Å². The summed E-state index contributed by atoms with van der Waals surface area (Å²) in [6.45, 7) is 5.11. The zero-order valence-electron chi connectivity index (χ0n) is 29.8. The maximum Gasteiger partial charge on any atom is 0.315 e. The fourth-order valence-corrected chi connectivity index (χ4v) is 11.2. The zero-order chi connectivity index (χ0) is 35.8. The molecule has 3 saturated heterocycles. The Morgan fingerprint density at radius 3 is 2.26 bits per heavy atom. The number of carbonyl (C=O) groups excluding carboxylic acids is 5. The van der Waals surface area contributed by atoms with Gasteiger partial charge in [0.1, 0.15) is 12.1 Å². The molecule has 0 bridgehead atoms. The predicted octanol–water partition coefficient (Wildman–Crippen LogP) is 1.58. The first-order valence-electron chi connectivity index (χ1n) is 18.8. The summed E-state index contributed by atoms with van der Waals surface area (Å²) >= 11 is 0. The van der Waals surface area contributed by atoms with Crippen LogP contribution in [0.2, 0.25) is 0 Å². The van der Waals surface area contributed by atoms with Gasteiger partial charge in [0, 0.05) is 32.8 Å². The third kappa shape index (κ3) is 7.55. The van der Waals surface area contributed by atoms with Gasteiger partial charge in [-0.2, -0.15) is 0 Å². The largest absolute Gasteiger partial charge is 0.379 e. The van der Waals surface area contributed by atoms with Gasteiger partial charge in [-0.1, -0.05) is 58.8 Å². The lowest BCUT2D eigenvalue weighted by molar-refractivity contribution is -0.144. The van der Waals surface area contributed by atoms with Crippen LogP contribution in [0.4, 0.5) is 4.79 Å². The molecule has 3 aliphatic carbocycles. The van der Waals surface area contributed by atoms with Gasteiger partial charge in [-0.25, -0.2) is 17.5 Å². The van der Waals surface area contributed by atoms with Crippen LogP contribution in [-0.2, 0) is 33.9 Å². The summed E-state index contributed by atoms with van der Waals surface area (Å²) in [6.07, 6.45) is 9.98. The van der Waals surface area contributed by atoms with Crippen LogP contribution in [0.15, 0.2) is 0 Å². The van der Waals surface area contributed by atoms with Crippen LogP contribution in [0.1, 0.15) is 104 Å². The van der Waals surface area contributed by atoms with Gasteiger partial charge in [0.2, 0.25) is 27.6 Å². The molecule has 0 radical (unpaired) electrons. The smallest absolute Gasteiger partial charge is 0.315 e. The Hall–Kier alpha value is -2.78. The Kier molecular flexibility index (Phi) is 10.9. The molecule has 6 atom stereocenters. The summed E-state index contributed by atoms with van der Waals surface area (Å²) in [5.41, 5.74) is -1.16. The number of nitrogens with zero attached hydrogens (tertiary/aromatic N) is 2. The minimum Gasteiger partial charge on any atom is -0.379 e. The van der Waals surface area contributed by atoms with Gasteiger partial charge in [-0.05, 0) is 62.2 Å². The van der Waals surface area contributed by atoms with E-state index in [0.717, 1.165) is 57.8 Å². The summed E-state index contributed by atoms with van der Waals surface area (Å²) in [5, 5.41) is 10.8. The van der Waals surface area contributed by atoms with E-state index in [4.69, 9.17) is 4.74 Å². The Balaban J connectivity index is 1.22. The SMILES string of the molecule is CN1CC[C@@H](C2(NC(=O)N[C@@H]3COCCCCCCC[C@H](C(=O)C(=O)NC4CC4)NC(=O)[C@@H]4[C@@H]5[C@H](CN4C3=O)C5(C)C)CCCCC2)S1(=O)=O. The first-order valence-corrected chi connectivity index (χ1v) is 20.3. The van der Waals surface area contributed by atoms with Crippen molar-refractivity contribution < 1.29 is 37.1 Å². The lowest BCUT2D eigenvalue weighted by Crippen LogP contribution is -2.64. The van der Waals surface area contributed by atoms with Gasteiger partial charge in [0.05, 0.1) is 23.4 Å². The Morgan fingerprint density at radius 1 is 0.900 bits per heavy atom. The number of ketones is 1. The number of fused-ring (bicyclic) bond motifs is 3. The molecule has 4 N–H and O–H groups in total. The Bertz CT molecular complexity index is 1440. The van der Waals surface area contributed by atoms with Gasteiger partial charge in [0.25, 0.3) is 5.91 Å². The molecule has 280 valence electrons. The summed E-state index contributed by atoms with van der Waals surface area (Å²) in [4.78, 5) is 70.0. The number of hydrogen-bond acceptors (Lipinski definition) is 8. The molecule has 3 heterocycles. The molecule has 0 aromatic heterocycles. The second-order valence-electron chi connectivity index (χ2n) is 16.2. The van der Waals surface area contributed by atoms with Gasteiger partial charge in [0.15, 0.2) is 0 Å². The average Bonchev–Trinajstić information content (AvgIpc) is 3.88. The normalized spacial score (nSPS) is 34.5. The third-order valence-electron chi connectivity index (χ3n) is 12.4. The van der Waals surface area contributed by atoms with Crippen LogP contribution in [-0.4, -0.2) is 115 Å². The molecule has 14 nitrogen and oxygen atoms in total. The fourth-order valence-electron chi connectivity index (χ4n) is 9.12. The van der Waals surface area contributed by atoms with Crippen molar-refractivity contribution in [3.63, 3.8) is 0 Å². The van der Waals surface area contributed by atoms with E-state index in [-0.39, 0.29) is 29.9 Å². The monoisotopic (exact) mass is 720 g/mol. The van der Waals surface area contributed by atoms with E-state index in [0.29, 0.717) is 51.8 Å². The lowest BCUT2D eigenvalue weighted by atomic mass is 9.78. The summed E-state index contributed by atoms with van der Waals surface area (Å²) in [5.74, 6) is -2.37. The first kappa shape index (κ1) is 37.0. The molecule has 0 aromatic rings. The van der Waals surface area contributed by atoms with Gasteiger partial charge in [-0.3, -0.25) is 19.2 Å². The zero-order valence-corrected chi connectivity index (χ0v) is 30.7. The quantitative estimate of drug-likeness (QED) is 0.298. The number of urea groups is 1. The van der Waals surface area contributed by atoms with Crippen molar-refractivity contribution in [3.05, 3.63) is 0 Å². The maximum atomic E-state index is 14.4. The summed E-state index contributed by atoms with van der Waals surface area (Å²) in [7, 11) is -2.04. The van der Waals surface area contributed by atoms with Crippen LogP contribution in [0.5, 0.6) is 0 Å². The second kappa shape index (κ2) is 14.7. The van der Waals surface area contributed by atoms with Crippen molar-refractivity contribution in [3.8, 4) is 0 Å². The molecule has 5 amide bonds. The highest BCUT2D eigenvalue weighted by Gasteiger charge is 2.69. The van der Waals surface area contributed by atoms with Crippen molar-refractivity contribution >= 4 is 39.6 Å². The van der Waals surface area contributed by atoms with E-state index in [2.05, 4.69) is 35.1 Å². The van der Waals surface area contributed by atoms with Gasteiger partial charge in [-0.15, -0.1) is 0 Å². The van der Waals surface area contributed by atoms with Gasteiger partial charge >= 0.3 is 6.03 Å². The van der Waals surface area contributed by atoms with E-state index in [1.54, 1.807) is 7.05 Å². The van der Waals surface area contributed by atoms with E-state index in [9.17, 15) is 32.4 Å². The van der Waals surface area contributed by atoms with Crippen molar-refractivity contribution in [1.82, 2.24) is 30.5 Å². The number of hydrogen-bond donors (Lipinski definition) is 4. The molecule has 0 aromatic carbocycles. The van der Waals surface area contributed by atoms with Crippen molar-refractivity contribution in [2.24, 2.45) is 17.3 Å². The Labute approximate surface area is 296 Å². The second-order valence-corrected chi connectivity index (χ2v) is 18.4. The summed E-state index contributed by atoms with van der Waals surface area (Å²) < 4.78 is 34.0. The summed E-state index contributed by atoms with van der Waals surface area (Å²) in [6, 6.07) is -3.62. The molecule has 15 heteroatoms. The highest BCUT2D eigenvalue weighted by atomic mass is 32.2. The molecular weight excluding hydrogens is 664 g/mol. The molecule has 6 fully saturated rings. The molecule has 0 unspecified atom stereocenters. The average molecular weight is 721 g/mol. The minimum absolute atomic E-state index is 0.00469. The van der Waals surface area contributed by atoms with Crippen molar-refractivity contribution in [1.29, 1.82) is 0 Å².